The van der Waals surface area contributed by atoms with Crippen molar-refractivity contribution in [3.05, 3.63) is 12.7 Å². The first kappa shape index (κ1) is 46.8. The van der Waals surface area contributed by atoms with Gasteiger partial charge in [0.15, 0.2) is 12.6 Å². The molecule has 1 unspecified atom stereocenters. The van der Waals surface area contributed by atoms with Gasteiger partial charge in [-0.1, -0.05) is 33.8 Å². The minimum Gasteiger partial charge on any atom is -0.459 e. The van der Waals surface area contributed by atoms with Crippen LogP contribution in [0.1, 0.15) is 94.9 Å². The van der Waals surface area contributed by atoms with Crippen LogP contribution in [0.5, 0.6) is 0 Å². The molecule has 18 atom stereocenters. The van der Waals surface area contributed by atoms with Crippen molar-refractivity contribution in [1.29, 1.82) is 5.41 Å². The van der Waals surface area contributed by atoms with Crippen molar-refractivity contribution in [2.24, 2.45) is 23.7 Å². The predicted molar refractivity (Wildman–Crippen MR) is 203 cm³/mol. The van der Waals surface area contributed by atoms with E-state index in [2.05, 4.69) is 6.58 Å². The summed E-state index contributed by atoms with van der Waals surface area (Å²) in [5.41, 5.74) is -3.99. The summed E-state index contributed by atoms with van der Waals surface area (Å²) in [5.74, 6) is -3.72. The molecule has 0 bridgehead atoms. The van der Waals surface area contributed by atoms with Crippen LogP contribution >= 0.6 is 0 Å². The van der Waals surface area contributed by atoms with Crippen molar-refractivity contribution in [1.82, 2.24) is 4.90 Å². The molecule has 3 fully saturated rings. The van der Waals surface area contributed by atoms with Gasteiger partial charge >= 0.3 is 5.97 Å². The van der Waals surface area contributed by atoms with E-state index in [0.29, 0.717) is 6.42 Å². The number of carbonyl (C=O) groups excluding carboxylic acids is 1. The molecule has 3 aliphatic heterocycles. The summed E-state index contributed by atoms with van der Waals surface area (Å²) >= 11 is 0. The maximum Gasteiger partial charge on any atom is 0.311 e. The third-order valence-electron chi connectivity index (χ3n) is 12.4. The van der Waals surface area contributed by atoms with Crippen LogP contribution in [0.2, 0.25) is 0 Å². The highest BCUT2D eigenvalue weighted by Crippen LogP contribution is 2.42. The molecule has 3 rings (SSSR count). The Bertz CT molecular complexity index is 1250. The molecule has 3 aliphatic rings. The van der Waals surface area contributed by atoms with Gasteiger partial charge in [0.1, 0.15) is 23.9 Å². The van der Waals surface area contributed by atoms with Crippen LogP contribution in [0.15, 0.2) is 12.7 Å². The van der Waals surface area contributed by atoms with E-state index in [1.54, 1.807) is 40.7 Å². The zero-order valence-electron chi connectivity index (χ0n) is 35.0. The fraction of sp³-hybridized carbons (Fsp3) is 0.900. The van der Waals surface area contributed by atoms with E-state index in [-0.39, 0.29) is 43.7 Å². The molecule has 0 amide bonds. The summed E-state index contributed by atoms with van der Waals surface area (Å²) in [6.07, 6.45) is -6.79. The molecular weight excluding hydrogens is 700 g/mol. The number of nitrogens with one attached hydrogen (secondary N) is 1. The van der Waals surface area contributed by atoms with Crippen molar-refractivity contribution < 1.29 is 58.4 Å². The number of likely N-dealkylation sites (N-methyl/N-ethyl adjacent to an activating group) is 1. The highest BCUT2D eigenvalue weighted by Gasteiger charge is 2.54. The van der Waals surface area contributed by atoms with Gasteiger partial charge in [0, 0.05) is 37.1 Å². The zero-order valence-corrected chi connectivity index (χ0v) is 35.0. The Morgan fingerprint density at radius 3 is 2.15 bits per heavy atom. The SMILES string of the molecule is C=CCO[C@]1(C)C[C@@H](C)C(=N)[C@H](C)[C@@H](O)[C@](C)(O)[C@@H](CC)OC(=O)[C@H](C)[C@@H](OC2C[C@@](C)(OC)[C@@H](O)[C@H](C)O2)[C@H](C)[C@H]1O[C@@H]1O[C@H](C)C[C@H](N(C)C)[C@H]1O. The summed E-state index contributed by atoms with van der Waals surface area (Å²) in [5, 5.41) is 55.2. The fourth-order valence-corrected chi connectivity index (χ4v) is 8.80. The lowest BCUT2D eigenvalue weighted by atomic mass is 9.73. The number of ether oxygens (including phenoxy) is 7. The van der Waals surface area contributed by atoms with Crippen molar-refractivity contribution in [2.45, 2.75) is 179 Å². The average molecular weight is 773 g/mol. The Labute approximate surface area is 323 Å². The molecule has 314 valence electrons. The molecule has 0 aromatic carbocycles. The Morgan fingerprint density at radius 2 is 1.59 bits per heavy atom. The van der Waals surface area contributed by atoms with Gasteiger partial charge in [-0.25, -0.2) is 0 Å². The molecule has 0 radical (unpaired) electrons. The Balaban J connectivity index is 2.27. The van der Waals surface area contributed by atoms with Crippen LogP contribution in [0.3, 0.4) is 0 Å². The van der Waals surface area contributed by atoms with Gasteiger partial charge < -0.3 is 63.9 Å². The van der Waals surface area contributed by atoms with E-state index in [4.69, 9.17) is 33.2 Å². The number of cyclic esters (lactones) is 1. The highest BCUT2D eigenvalue weighted by atomic mass is 16.7. The molecule has 54 heavy (non-hydrogen) atoms. The minimum atomic E-state index is -1.90. The molecule has 0 aliphatic carbocycles. The second-order valence-electron chi connectivity index (χ2n) is 17.1. The molecular formula is C40H72N2O12. The molecule has 0 aromatic heterocycles. The number of hydrogen-bond acceptors (Lipinski definition) is 14. The standard InChI is InChI=1S/C40H72N2O12/c1-15-17-49-39(10)19-21(3)30(41)23(5)33(44)40(11,47)28(16-2)52-36(46)25(7)32(53-29-20-38(9,48-14)34(45)26(8)51-29)24(6)35(39)54-37-31(43)27(42(12)13)18-22(4)50-37/h15,21-29,31-35,37,41,43-45,47H,1,16-20H2,2-14H3/t21-,22-,23+,24+,25-,26+,27+,28-,29?,31-,32+,33-,34+,35-,37+,38-,39-,40-/m1/s1. The van der Waals surface area contributed by atoms with E-state index >= 15 is 0 Å². The number of carbonyl (C=O) groups is 1. The van der Waals surface area contributed by atoms with Gasteiger partial charge in [0.2, 0.25) is 0 Å². The first-order chi connectivity index (χ1) is 25.0. The Hall–Kier alpha value is -1.56. The molecule has 3 saturated heterocycles. The summed E-state index contributed by atoms with van der Waals surface area (Å²) in [6, 6.07) is -0.280. The second-order valence-corrected chi connectivity index (χ2v) is 17.1. The zero-order chi connectivity index (χ0) is 41.1. The Kier molecular flexibility index (Phi) is 16.3. The lowest BCUT2D eigenvalue weighted by Crippen LogP contribution is -2.61. The maximum atomic E-state index is 14.3. The number of aliphatic hydroxyl groups excluding tert-OH is 3. The van der Waals surface area contributed by atoms with Crippen LogP contribution in [0.4, 0.5) is 0 Å². The van der Waals surface area contributed by atoms with Crippen molar-refractivity contribution >= 4 is 11.7 Å². The molecule has 5 N–H and O–H groups in total. The topological polar surface area (TPSA) is 190 Å². The Morgan fingerprint density at radius 1 is 0.963 bits per heavy atom. The number of aliphatic hydroxyl groups is 4. The molecule has 3 heterocycles. The summed E-state index contributed by atoms with van der Waals surface area (Å²) < 4.78 is 44.6. The smallest absolute Gasteiger partial charge is 0.311 e. The number of esters is 1. The number of nitrogens with zero attached hydrogens (tertiary/aromatic N) is 1. The van der Waals surface area contributed by atoms with Crippen LogP contribution in [-0.2, 0) is 38.0 Å². The second kappa shape index (κ2) is 18.8. The summed E-state index contributed by atoms with van der Waals surface area (Å²) in [4.78, 5) is 16.2. The minimum absolute atomic E-state index is 0.107. The van der Waals surface area contributed by atoms with E-state index in [1.165, 1.54) is 14.0 Å². The lowest BCUT2D eigenvalue weighted by molar-refractivity contribution is -0.320. The van der Waals surface area contributed by atoms with E-state index < -0.39 is 102 Å². The molecule has 0 saturated carbocycles. The normalized spacial score (nSPS) is 47.6. The van der Waals surface area contributed by atoms with E-state index in [1.807, 2.05) is 46.7 Å². The van der Waals surface area contributed by atoms with Crippen molar-refractivity contribution in [3.63, 3.8) is 0 Å². The highest BCUT2D eigenvalue weighted by molar-refractivity contribution is 5.86. The van der Waals surface area contributed by atoms with Gasteiger partial charge in [-0.05, 0) is 80.8 Å². The summed E-state index contributed by atoms with van der Waals surface area (Å²) in [6.45, 7) is 21.5. The maximum absolute atomic E-state index is 14.3. The number of hydrogen-bond donors (Lipinski definition) is 5. The summed E-state index contributed by atoms with van der Waals surface area (Å²) in [7, 11) is 5.29. The fourth-order valence-electron chi connectivity index (χ4n) is 8.80. The van der Waals surface area contributed by atoms with Gasteiger partial charge in [-0.15, -0.1) is 6.58 Å². The number of methoxy groups -OCH3 is 1. The first-order valence-corrected chi connectivity index (χ1v) is 19.6. The quantitative estimate of drug-likeness (QED) is 0.161. The van der Waals surface area contributed by atoms with Gasteiger partial charge in [-0.2, -0.15) is 0 Å². The van der Waals surface area contributed by atoms with Gasteiger partial charge in [0.25, 0.3) is 0 Å². The van der Waals surface area contributed by atoms with E-state index in [0.717, 1.165) is 0 Å². The molecule has 0 aromatic rings. The average Bonchev–Trinajstić information content (AvgIpc) is 3.11. The first-order valence-electron chi connectivity index (χ1n) is 19.6. The van der Waals surface area contributed by atoms with E-state index in [9.17, 15) is 30.6 Å². The third kappa shape index (κ3) is 10.1. The predicted octanol–water partition coefficient (Wildman–Crippen LogP) is 3.45. The molecule has 14 heteroatoms. The van der Waals surface area contributed by atoms with Gasteiger partial charge in [-0.3, -0.25) is 4.79 Å². The lowest BCUT2D eigenvalue weighted by Gasteiger charge is -2.50. The third-order valence-corrected chi connectivity index (χ3v) is 12.4. The van der Waals surface area contributed by atoms with Crippen LogP contribution < -0.4 is 0 Å². The van der Waals surface area contributed by atoms with Crippen LogP contribution in [0, 0.1) is 29.1 Å². The van der Waals surface area contributed by atoms with Crippen LogP contribution in [-0.4, -0.2) is 149 Å². The van der Waals surface area contributed by atoms with Crippen molar-refractivity contribution in [2.75, 3.05) is 27.8 Å². The number of rotatable bonds is 10. The van der Waals surface area contributed by atoms with Crippen molar-refractivity contribution in [3.8, 4) is 0 Å². The largest absolute Gasteiger partial charge is 0.459 e. The molecule has 14 nitrogen and oxygen atoms in total. The molecule has 0 spiro atoms. The monoisotopic (exact) mass is 773 g/mol. The van der Waals surface area contributed by atoms with Gasteiger partial charge in [0.05, 0.1) is 54.2 Å². The van der Waals surface area contributed by atoms with Crippen LogP contribution in [0.25, 0.3) is 0 Å².